The van der Waals surface area contributed by atoms with Crippen LogP contribution < -0.4 is 5.32 Å². The smallest absolute Gasteiger partial charge is 0.320 e. The molecule has 0 heterocycles. The summed E-state index contributed by atoms with van der Waals surface area (Å²) in [5.74, 6) is 0.197. The molecular formula is C14H26N2O2. The maximum Gasteiger partial charge on any atom is 0.320 e. The number of carboxylic acid groups (broad SMARTS) is 1. The first-order chi connectivity index (χ1) is 8.70. The molecule has 0 spiro atoms. The van der Waals surface area contributed by atoms with E-state index in [-0.39, 0.29) is 6.04 Å². The van der Waals surface area contributed by atoms with E-state index in [4.69, 9.17) is 0 Å². The number of nitrogens with one attached hydrogen (secondary N) is 1. The van der Waals surface area contributed by atoms with Gasteiger partial charge >= 0.3 is 5.97 Å². The molecule has 2 saturated carbocycles. The average Bonchev–Trinajstić information content (AvgIpc) is 3.19. The van der Waals surface area contributed by atoms with Crippen molar-refractivity contribution in [1.82, 2.24) is 10.2 Å². The van der Waals surface area contributed by atoms with Crippen molar-refractivity contribution in [2.75, 3.05) is 19.6 Å². The highest BCUT2D eigenvalue weighted by molar-refractivity contribution is 5.73. The number of hydrogen-bond donors (Lipinski definition) is 2. The Hall–Kier alpha value is -0.610. The fourth-order valence-corrected chi connectivity index (χ4v) is 2.42. The van der Waals surface area contributed by atoms with Gasteiger partial charge in [0, 0.05) is 19.1 Å². The minimum Gasteiger partial charge on any atom is -0.480 e. The summed E-state index contributed by atoms with van der Waals surface area (Å²) >= 11 is 0. The number of carbonyl (C=O) groups is 1. The van der Waals surface area contributed by atoms with Crippen LogP contribution in [-0.2, 0) is 4.79 Å². The Balaban J connectivity index is 1.72. The molecular weight excluding hydrogens is 228 g/mol. The van der Waals surface area contributed by atoms with Crippen molar-refractivity contribution in [2.45, 2.75) is 57.5 Å². The summed E-state index contributed by atoms with van der Waals surface area (Å²) in [4.78, 5) is 13.7. The first-order valence-corrected chi connectivity index (χ1v) is 7.41. The Kier molecular flexibility index (Phi) is 5.01. The summed E-state index contributed by atoms with van der Waals surface area (Å²) in [6, 6.07) is 0.386. The summed E-state index contributed by atoms with van der Waals surface area (Å²) in [5.41, 5.74) is 0. The summed E-state index contributed by atoms with van der Waals surface area (Å²) < 4.78 is 0. The highest BCUT2D eigenvalue weighted by atomic mass is 16.4. The number of aliphatic carboxylic acids is 1. The number of rotatable bonds is 10. The molecule has 0 bridgehead atoms. The van der Waals surface area contributed by atoms with E-state index in [1.807, 2.05) is 0 Å². The average molecular weight is 254 g/mol. The van der Waals surface area contributed by atoms with Gasteiger partial charge in [-0.2, -0.15) is 0 Å². The van der Waals surface area contributed by atoms with Crippen molar-refractivity contribution in [1.29, 1.82) is 0 Å². The Morgan fingerprint density at radius 2 is 2.11 bits per heavy atom. The van der Waals surface area contributed by atoms with Gasteiger partial charge in [-0.1, -0.05) is 6.92 Å². The van der Waals surface area contributed by atoms with Gasteiger partial charge in [0.1, 0.15) is 6.04 Å². The monoisotopic (exact) mass is 254 g/mol. The second kappa shape index (κ2) is 6.53. The van der Waals surface area contributed by atoms with Gasteiger partial charge in [0.25, 0.3) is 0 Å². The number of carboxylic acids is 1. The second-order valence-corrected chi connectivity index (χ2v) is 5.80. The number of hydrogen-bond acceptors (Lipinski definition) is 3. The number of nitrogens with zero attached hydrogens (tertiary/aromatic N) is 1. The third-order valence-corrected chi connectivity index (χ3v) is 3.90. The summed E-state index contributed by atoms with van der Waals surface area (Å²) in [6.07, 6.45) is 7.09. The van der Waals surface area contributed by atoms with Crippen LogP contribution in [0.3, 0.4) is 0 Å². The van der Waals surface area contributed by atoms with E-state index in [9.17, 15) is 9.90 Å². The molecule has 0 aromatic rings. The summed E-state index contributed by atoms with van der Waals surface area (Å²) in [6.45, 7) is 5.00. The molecule has 18 heavy (non-hydrogen) atoms. The van der Waals surface area contributed by atoms with Crippen LogP contribution in [0.2, 0.25) is 0 Å². The van der Waals surface area contributed by atoms with Gasteiger partial charge in [0.2, 0.25) is 0 Å². The van der Waals surface area contributed by atoms with Gasteiger partial charge in [0.15, 0.2) is 0 Å². The first-order valence-electron chi connectivity index (χ1n) is 7.41. The predicted octanol–water partition coefficient (Wildman–Crippen LogP) is 1.70. The maximum absolute atomic E-state index is 11.2. The van der Waals surface area contributed by atoms with Crippen LogP contribution in [0.5, 0.6) is 0 Å². The zero-order valence-corrected chi connectivity index (χ0v) is 11.4. The fraction of sp³-hybridized carbons (Fsp3) is 0.929. The lowest BCUT2D eigenvalue weighted by atomic mass is 10.2. The van der Waals surface area contributed by atoms with Gasteiger partial charge in [-0.25, -0.2) is 0 Å². The van der Waals surface area contributed by atoms with Gasteiger partial charge in [-0.05, 0) is 51.0 Å². The Morgan fingerprint density at radius 1 is 1.39 bits per heavy atom. The third kappa shape index (κ3) is 4.58. The molecule has 2 fully saturated rings. The Morgan fingerprint density at radius 3 is 2.61 bits per heavy atom. The van der Waals surface area contributed by atoms with E-state index in [1.165, 1.54) is 32.2 Å². The summed E-state index contributed by atoms with van der Waals surface area (Å²) in [7, 11) is 0. The first kappa shape index (κ1) is 13.8. The Labute approximate surface area is 110 Å². The van der Waals surface area contributed by atoms with E-state index in [2.05, 4.69) is 17.1 Å². The quantitative estimate of drug-likeness (QED) is 0.623. The SMILES string of the molecule is CCCNC(CCN(CC1CC1)C1CC1)C(=O)O. The van der Waals surface area contributed by atoms with Crippen LogP contribution >= 0.6 is 0 Å². The highest BCUT2D eigenvalue weighted by Gasteiger charge is 2.33. The molecule has 2 N–H and O–H groups in total. The molecule has 104 valence electrons. The van der Waals surface area contributed by atoms with Crippen molar-refractivity contribution in [3.8, 4) is 0 Å². The third-order valence-electron chi connectivity index (χ3n) is 3.90. The van der Waals surface area contributed by atoms with Crippen LogP contribution in [0.1, 0.15) is 45.4 Å². The fourth-order valence-electron chi connectivity index (χ4n) is 2.42. The van der Waals surface area contributed by atoms with E-state index in [1.54, 1.807) is 0 Å². The normalized spacial score (nSPS) is 21.2. The highest BCUT2D eigenvalue weighted by Crippen LogP contribution is 2.34. The van der Waals surface area contributed by atoms with Crippen LogP contribution in [0.25, 0.3) is 0 Å². The molecule has 1 unspecified atom stereocenters. The van der Waals surface area contributed by atoms with E-state index in [0.29, 0.717) is 0 Å². The molecule has 0 aromatic carbocycles. The zero-order valence-electron chi connectivity index (χ0n) is 11.4. The van der Waals surface area contributed by atoms with Crippen LogP contribution in [0.15, 0.2) is 0 Å². The zero-order chi connectivity index (χ0) is 13.0. The van der Waals surface area contributed by atoms with Crippen LogP contribution in [0.4, 0.5) is 0 Å². The molecule has 2 aliphatic carbocycles. The molecule has 0 saturated heterocycles. The molecule has 0 aliphatic heterocycles. The van der Waals surface area contributed by atoms with Crippen LogP contribution in [0, 0.1) is 5.92 Å². The Bertz CT molecular complexity index is 275. The topological polar surface area (TPSA) is 52.6 Å². The minimum absolute atomic E-state index is 0.370. The van der Waals surface area contributed by atoms with Gasteiger partial charge in [0.05, 0.1) is 0 Å². The van der Waals surface area contributed by atoms with Crippen molar-refractivity contribution in [3.05, 3.63) is 0 Å². The molecule has 0 radical (unpaired) electrons. The standard InChI is InChI=1S/C14H26N2O2/c1-2-8-15-13(14(17)18)7-9-16(12-5-6-12)10-11-3-4-11/h11-13,15H,2-10H2,1H3,(H,17,18). The van der Waals surface area contributed by atoms with Crippen molar-refractivity contribution < 1.29 is 9.90 Å². The molecule has 2 rings (SSSR count). The van der Waals surface area contributed by atoms with E-state index in [0.717, 1.165) is 37.9 Å². The minimum atomic E-state index is -0.703. The lowest BCUT2D eigenvalue weighted by Gasteiger charge is -2.24. The van der Waals surface area contributed by atoms with Crippen molar-refractivity contribution in [3.63, 3.8) is 0 Å². The maximum atomic E-state index is 11.2. The second-order valence-electron chi connectivity index (χ2n) is 5.80. The molecule has 0 amide bonds. The molecule has 0 aromatic heterocycles. The lowest BCUT2D eigenvalue weighted by Crippen LogP contribution is -2.41. The van der Waals surface area contributed by atoms with Gasteiger partial charge in [-0.15, -0.1) is 0 Å². The van der Waals surface area contributed by atoms with Crippen molar-refractivity contribution >= 4 is 5.97 Å². The van der Waals surface area contributed by atoms with E-state index >= 15 is 0 Å². The molecule has 1 atom stereocenters. The molecule has 4 heteroatoms. The van der Waals surface area contributed by atoms with E-state index < -0.39 is 5.97 Å². The lowest BCUT2D eigenvalue weighted by molar-refractivity contribution is -0.139. The predicted molar refractivity (Wildman–Crippen MR) is 71.7 cm³/mol. The molecule has 2 aliphatic rings. The largest absolute Gasteiger partial charge is 0.480 e. The van der Waals surface area contributed by atoms with Crippen molar-refractivity contribution in [2.24, 2.45) is 5.92 Å². The van der Waals surface area contributed by atoms with Crippen LogP contribution in [-0.4, -0.2) is 47.7 Å². The summed E-state index contributed by atoms with van der Waals surface area (Å²) in [5, 5.41) is 12.3. The molecule has 4 nitrogen and oxygen atoms in total. The van der Waals surface area contributed by atoms with Gasteiger partial charge in [-0.3, -0.25) is 4.79 Å². The van der Waals surface area contributed by atoms with Gasteiger partial charge < -0.3 is 15.3 Å².